The fourth-order valence-electron chi connectivity index (χ4n) is 3.40. The predicted molar refractivity (Wildman–Crippen MR) is 110 cm³/mol. The van der Waals surface area contributed by atoms with Crippen molar-refractivity contribution in [1.82, 2.24) is 10.2 Å². The average Bonchev–Trinajstić information content (AvgIpc) is 2.97. The molecule has 0 atom stereocenters. The van der Waals surface area contributed by atoms with Crippen LogP contribution in [0.1, 0.15) is 37.7 Å². The Labute approximate surface area is 176 Å². The molecule has 0 radical (unpaired) electrons. The fourth-order valence-corrected chi connectivity index (χ4v) is 4.46. The van der Waals surface area contributed by atoms with Crippen molar-refractivity contribution < 1.29 is 19.3 Å². The lowest BCUT2D eigenvalue weighted by Gasteiger charge is -2.21. The first-order valence-corrected chi connectivity index (χ1v) is 10.5. The molecule has 154 valence electrons. The van der Waals surface area contributed by atoms with Gasteiger partial charge in [0.1, 0.15) is 5.02 Å². The van der Waals surface area contributed by atoms with Crippen LogP contribution in [0.4, 0.5) is 10.5 Å². The monoisotopic (exact) mass is 437 g/mol. The van der Waals surface area contributed by atoms with E-state index in [9.17, 15) is 24.5 Å². The van der Waals surface area contributed by atoms with Crippen LogP contribution in [0.15, 0.2) is 23.1 Å². The van der Waals surface area contributed by atoms with Gasteiger partial charge in [0.05, 0.1) is 9.83 Å². The number of nitrogens with zero attached hydrogens (tertiary/aromatic N) is 2. The summed E-state index contributed by atoms with van der Waals surface area (Å²) in [5.41, 5.74) is 0.127. The van der Waals surface area contributed by atoms with E-state index in [0.29, 0.717) is 5.56 Å². The van der Waals surface area contributed by atoms with E-state index >= 15 is 0 Å². The van der Waals surface area contributed by atoms with Crippen molar-refractivity contribution in [2.75, 3.05) is 13.1 Å². The molecule has 2 fully saturated rings. The predicted octanol–water partition coefficient (Wildman–Crippen LogP) is 3.98. The first-order valence-electron chi connectivity index (χ1n) is 9.34. The number of rotatable bonds is 6. The Morgan fingerprint density at radius 1 is 1.31 bits per heavy atom. The minimum atomic E-state index is -0.611. The number of nitro groups is 1. The van der Waals surface area contributed by atoms with Gasteiger partial charge in [-0.2, -0.15) is 0 Å². The van der Waals surface area contributed by atoms with Crippen LogP contribution < -0.4 is 5.32 Å². The van der Waals surface area contributed by atoms with Crippen LogP contribution in [0.5, 0.6) is 0 Å². The number of nitrogens with one attached hydrogen (secondary N) is 1. The van der Waals surface area contributed by atoms with E-state index in [0.717, 1.165) is 48.8 Å². The molecule has 1 aliphatic carbocycles. The Morgan fingerprint density at radius 3 is 2.72 bits per heavy atom. The molecule has 1 aromatic rings. The van der Waals surface area contributed by atoms with Crippen LogP contribution in [-0.4, -0.2) is 40.0 Å². The number of carbonyl (C=O) groups excluding carboxylic acids is 3. The molecule has 1 aromatic carbocycles. The number of hydrogen-bond donors (Lipinski definition) is 1. The molecule has 3 rings (SSSR count). The van der Waals surface area contributed by atoms with Gasteiger partial charge in [-0.3, -0.25) is 29.4 Å². The zero-order valence-electron chi connectivity index (χ0n) is 15.6. The maximum atomic E-state index is 12.5. The van der Waals surface area contributed by atoms with Crippen LogP contribution >= 0.6 is 23.4 Å². The maximum Gasteiger partial charge on any atom is 0.293 e. The van der Waals surface area contributed by atoms with Gasteiger partial charge in [-0.1, -0.05) is 36.9 Å². The summed E-state index contributed by atoms with van der Waals surface area (Å²) in [5, 5.41) is 13.4. The fraction of sp³-hybridized carbons (Fsp3) is 0.421. The zero-order valence-corrected chi connectivity index (χ0v) is 17.1. The van der Waals surface area contributed by atoms with E-state index in [1.807, 2.05) is 0 Å². The molecule has 1 heterocycles. The number of thioether (sulfide) groups is 1. The quantitative estimate of drug-likeness (QED) is 0.409. The molecule has 29 heavy (non-hydrogen) atoms. The van der Waals surface area contributed by atoms with E-state index in [1.165, 1.54) is 24.3 Å². The van der Waals surface area contributed by atoms with Crippen LogP contribution in [0.2, 0.25) is 5.02 Å². The molecular formula is C19H20ClN3O5S. The highest BCUT2D eigenvalue weighted by atomic mass is 35.5. The number of halogens is 1. The van der Waals surface area contributed by atoms with Crippen molar-refractivity contribution in [3.63, 3.8) is 0 Å². The molecule has 10 heteroatoms. The van der Waals surface area contributed by atoms with Crippen molar-refractivity contribution in [1.29, 1.82) is 0 Å². The first kappa shape index (κ1) is 21.3. The van der Waals surface area contributed by atoms with E-state index in [4.69, 9.17) is 11.6 Å². The second kappa shape index (κ2) is 9.41. The minimum absolute atomic E-state index is 0.00559. The van der Waals surface area contributed by atoms with Gasteiger partial charge in [-0.05, 0) is 42.3 Å². The second-order valence-corrected chi connectivity index (χ2v) is 8.33. The number of nitro benzene ring substituents is 1. The van der Waals surface area contributed by atoms with Gasteiger partial charge in [0, 0.05) is 25.1 Å². The number of imide groups is 1. The maximum absolute atomic E-state index is 12.5. The normalized spacial score (nSPS) is 19.1. The van der Waals surface area contributed by atoms with Crippen molar-refractivity contribution >= 4 is 52.2 Å². The zero-order chi connectivity index (χ0) is 21.0. The highest BCUT2D eigenvalue weighted by Gasteiger charge is 2.35. The standard InChI is InChI=1S/C19H20ClN3O5S/c20-14-7-6-12(10-15(14)23(27)28)11-16-18(25)22(19(26)29-16)9-8-21-17(24)13-4-2-1-3-5-13/h6-7,10-11,13H,1-5,8-9H2,(H,21,24)/b16-11-. The number of carbonyl (C=O) groups is 3. The third kappa shape index (κ3) is 5.16. The number of amides is 3. The van der Waals surface area contributed by atoms with Gasteiger partial charge in [0.25, 0.3) is 16.8 Å². The molecule has 3 amide bonds. The summed E-state index contributed by atoms with van der Waals surface area (Å²) in [6.07, 6.45) is 6.44. The highest BCUT2D eigenvalue weighted by Crippen LogP contribution is 2.33. The molecule has 0 aromatic heterocycles. The highest BCUT2D eigenvalue weighted by molar-refractivity contribution is 8.18. The third-order valence-electron chi connectivity index (χ3n) is 4.95. The first-order chi connectivity index (χ1) is 13.9. The summed E-state index contributed by atoms with van der Waals surface area (Å²) >= 11 is 6.56. The van der Waals surface area contributed by atoms with Crippen LogP contribution in [0.25, 0.3) is 6.08 Å². The molecule has 0 bridgehead atoms. The van der Waals surface area contributed by atoms with Crippen molar-refractivity contribution in [2.45, 2.75) is 32.1 Å². The van der Waals surface area contributed by atoms with E-state index in [2.05, 4.69) is 5.32 Å². The van der Waals surface area contributed by atoms with E-state index in [1.54, 1.807) is 0 Å². The molecule has 1 saturated carbocycles. The Bertz CT molecular complexity index is 883. The lowest BCUT2D eigenvalue weighted by Crippen LogP contribution is -2.39. The average molecular weight is 438 g/mol. The van der Waals surface area contributed by atoms with Crippen molar-refractivity contribution in [3.05, 3.63) is 43.8 Å². The molecule has 1 aliphatic heterocycles. The van der Waals surface area contributed by atoms with Gasteiger partial charge in [-0.25, -0.2) is 0 Å². The molecular weight excluding hydrogens is 418 g/mol. The topological polar surface area (TPSA) is 110 Å². The van der Waals surface area contributed by atoms with Gasteiger partial charge >= 0.3 is 0 Å². The van der Waals surface area contributed by atoms with Crippen LogP contribution in [0.3, 0.4) is 0 Å². The Hall–Kier alpha value is -2.39. The number of benzene rings is 1. The summed E-state index contributed by atoms with van der Waals surface area (Å²) in [7, 11) is 0. The van der Waals surface area contributed by atoms with E-state index in [-0.39, 0.29) is 40.5 Å². The van der Waals surface area contributed by atoms with Gasteiger partial charge in [-0.15, -0.1) is 0 Å². The molecule has 0 spiro atoms. The molecule has 2 aliphatic rings. The Morgan fingerprint density at radius 2 is 2.03 bits per heavy atom. The largest absolute Gasteiger partial charge is 0.354 e. The van der Waals surface area contributed by atoms with Crippen molar-refractivity contribution in [3.8, 4) is 0 Å². The lowest BCUT2D eigenvalue weighted by atomic mass is 9.89. The minimum Gasteiger partial charge on any atom is -0.354 e. The summed E-state index contributed by atoms with van der Waals surface area (Å²) in [5.74, 6) is -0.496. The molecule has 8 nitrogen and oxygen atoms in total. The van der Waals surface area contributed by atoms with Gasteiger partial charge in [0.15, 0.2) is 0 Å². The van der Waals surface area contributed by atoms with Gasteiger partial charge in [0.2, 0.25) is 5.91 Å². The third-order valence-corrected chi connectivity index (χ3v) is 6.18. The smallest absolute Gasteiger partial charge is 0.293 e. The summed E-state index contributed by atoms with van der Waals surface area (Å²) in [4.78, 5) is 48.5. The molecule has 1 saturated heterocycles. The molecule has 0 unspecified atom stereocenters. The lowest BCUT2D eigenvalue weighted by molar-refractivity contribution is -0.384. The Balaban J connectivity index is 1.60. The van der Waals surface area contributed by atoms with E-state index < -0.39 is 16.1 Å². The van der Waals surface area contributed by atoms with Crippen LogP contribution in [-0.2, 0) is 9.59 Å². The Kier molecular flexibility index (Phi) is 6.92. The molecule has 1 N–H and O–H groups in total. The van der Waals surface area contributed by atoms with Gasteiger partial charge < -0.3 is 5.32 Å². The second-order valence-electron chi connectivity index (χ2n) is 6.93. The SMILES string of the molecule is O=C(NCCN1C(=O)S/C(=C\c2ccc(Cl)c([N+](=O)[O-])c2)C1=O)C1CCCCC1. The summed E-state index contributed by atoms with van der Waals surface area (Å²) < 4.78 is 0. The van der Waals surface area contributed by atoms with Crippen molar-refractivity contribution in [2.24, 2.45) is 5.92 Å². The summed E-state index contributed by atoms with van der Waals surface area (Å²) in [6, 6.07) is 4.16. The van der Waals surface area contributed by atoms with Crippen LogP contribution in [0, 0.1) is 16.0 Å². The number of hydrogen-bond acceptors (Lipinski definition) is 6. The summed E-state index contributed by atoms with van der Waals surface area (Å²) in [6.45, 7) is 0.286.